The van der Waals surface area contributed by atoms with Crippen molar-refractivity contribution in [2.75, 3.05) is 13.7 Å². The number of nitrogens with zero attached hydrogens (tertiary/aromatic N) is 1. The van der Waals surface area contributed by atoms with Crippen LogP contribution in [-0.4, -0.2) is 24.5 Å². The molecule has 0 saturated carbocycles. The van der Waals surface area contributed by atoms with Crippen LogP contribution in [0.4, 0.5) is 0 Å². The average Bonchev–Trinajstić information content (AvgIpc) is 3.04. The molecule has 0 aliphatic carbocycles. The molecular formula is C17H21NO3. The van der Waals surface area contributed by atoms with Gasteiger partial charge in [-0.1, -0.05) is 12.1 Å². The van der Waals surface area contributed by atoms with Gasteiger partial charge < -0.3 is 14.1 Å². The first-order chi connectivity index (χ1) is 10.2. The summed E-state index contributed by atoms with van der Waals surface area (Å²) in [7, 11) is 1.64. The molecule has 4 nitrogen and oxygen atoms in total. The van der Waals surface area contributed by atoms with E-state index in [4.69, 9.17) is 9.15 Å². The fourth-order valence-electron chi connectivity index (χ4n) is 2.17. The van der Waals surface area contributed by atoms with Crippen LogP contribution in [0.5, 0.6) is 5.75 Å². The van der Waals surface area contributed by atoms with Crippen LogP contribution < -0.4 is 4.74 Å². The lowest BCUT2D eigenvalue weighted by Crippen LogP contribution is -2.30. The normalized spacial score (nSPS) is 10.4. The molecular weight excluding hydrogens is 266 g/mol. The van der Waals surface area contributed by atoms with E-state index in [9.17, 15) is 4.79 Å². The molecule has 2 aromatic rings. The zero-order valence-electron chi connectivity index (χ0n) is 12.5. The topological polar surface area (TPSA) is 42.7 Å². The van der Waals surface area contributed by atoms with E-state index in [0.29, 0.717) is 25.9 Å². The van der Waals surface area contributed by atoms with Gasteiger partial charge in [0, 0.05) is 25.9 Å². The molecule has 21 heavy (non-hydrogen) atoms. The largest absolute Gasteiger partial charge is 0.497 e. The molecule has 0 aliphatic heterocycles. The van der Waals surface area contributed by atoms with E-state index < -0.39 is 0 Å². The fraction of sp³-hybridized carbons (Fsp3) is 0.353. The smallest absolute Gasteiger partial charge is 0.223 e. The van der Waals surface area contributed by atoms with Gasteiger partial charge in [0.25, 0.3) is 0 Å². The van der Waals surface area contributed by atoms with E-state index in [2.05, 4.69) is 0 Å². The summed E-state index contributed by atoms with van der Waals surface area (Å²) in [5.74, 6) is 1.82. The summed E-state index contributed by atoms with van der Waals surface area (Å²) in [6, 6.07) is 11.5. The van der Waals surface area contributed by atoms with Crippen LogP contribution in [0.2, 0.25) is 0 Å². The van der Waals surface area contributed by atoms with Crippen molar-refractivity contribution in [2.45, 2.75) is 26.3 Å². The molecule has 1 amide bonds. The van der Waals surface area contributed by atoms with Crippen LogP contribution in [-0.2, 0) is 17.8 Å². The van der Waals surface area contributed by atoms with Crippen molar-refractivity contribution in [1.82, 2.24) is 4.90 Å². The third kappa shape index (κ3) is 4.38. The second kappa shape index (κ2) is 7.53. The minimum atomic E-state index is 0.143. The summed E-state index contributed by atoms with van der Waals surface area (Å²) in [5.41, 5.74) is 1.10. The van der Waals surface area contributed by atoms with Crippen LogP contribution in [0.1, 0.15) is 24.7 Å². The molecule has 0 bridgehead atoms. The first-order valence-electron chi connectivity index (χ1n) is 7.16. The number of hydrogen-bond donors (Lipinski definition) is 0. The Balaban J connectivity index is 1.90. The molecule has 0 spiro atoms. The second-order valence-corrected chi connectivity index (χ2v) is 4.84. The van der Waals surface area contributed by atoms with Crippen LogP contribution in [0.15, 0.2) is 47.1 Å². The first-order valence-corrected chi connectivity index (χ1v) is 7.16. The molecule has 0 aliphatic rings. The summed E-state index contributed by atoms with van der Waals surface area (Å²) in [5, 5.41) is 0. The van der Waals surface area contributed by atoms with Crippen LogP contribution >= 0.6 is 0 Å². The highest BCUT2D eigenvalue weighted by atomic mass is 16.5. The quantitative estimate of drug-likeness (QED) is 0.785. The molecule has 0 N–H and O–H groups in total. The maximum absolute atomic E-state index is 12.3. The van der Waals surface area contributed by atoms with Crippen LogP contribution in [0, 0.1) is 0 Å². The molecule has 0 unspecified atom stereocenters. The molecule has 112 valence electrons. The summed E-state index contributed by atoms with van der Waals surface area (Å²) < 4.78 is 10.4. The van der Waals surface area contributed by atoms with Crippen molar-refractivity contribution in [3.63, 3.8) is 0 Å². The molecule has 1 aromatic carbocycles. The molecule has 4 heteroatoms. The number of aryl methyl sites for hydroxylation is 1. The minimum absolute atomic E-state index is 0.143. The summed E-state index contributed by atoms with van der Waals surface area (Å²) in [6.45, 7) is 3.31. The Morgan fingerprint density at radius 3 is 2.57 bits per heavy atom. The Morgan fingerprint density at radius 1 is 1.24 bits per heavy atom. The predicted octanol–water partition coefficient (Wildman–Crippen LogP) is 3.27. The van der Waals surface area contributed by atoms with Crippen molar-refractivity contribution in [2.24, 2.45) is 0 Å². The Labute approximate surface area is 125 Å². The van der Waals surface area contributed by atoms with Crippen molar-refractivity contribution in [3.8, 4) is 5.75 Å². The molecule has 1 heterocycles. The summed E-state index contributed by atoms with van der Waals surface area (Å²) >= 11 is 0. The van der Waals surface area contributed by atoms with Gasteiger partial charge in [0.15, 0.2) is 0 Å². The average molecular weight is 287 g/mol. The van der Waals surface area contributed by atoms with Gasteiger partial charge >= 0.3 is 0 Å². The van der Waals surface area contributed by atoms with Crippen molar-refractivity contribution < 1.29 is 13.9 Å². The first kappa shape index (κ1) is 15.2. The lowest BCUT2D eigenvalue weighted by atomic mass is 10.2. The molecule has 1 aromatic heterocycles. The van der Waals surface area contributed by atoms with Crippen LogP contribution in [0.3, 0.4) is 0 Å². The molecule has 0 saturated heterocycles. The fourth-order valence-corrected chi connectivity index (χ4v) is 2.17. The monoisotopic (exact) mass is 287 g/mol. The standard InChI is InChI=1S/C17H21NO3/c1-3-18(13-14-6-8-15(20-2)9-7-14)17(19)11-10-16-5-4-12-21-16/h4-9,12H,3,10-11,13H2,1-2H3. The maximum atomic E-state index is 12.3. The number of amides is 1. The van der Waals surface area contributed by atoms with E-state index >= 15 is 0 Å². The number of carbonyl (C=O) groups is 1. The van der Waals surface area contributed by atoms with Gasteiger partial charge in [0.2, 0.25) is 5.91 Å². The van der Waals surface area contributed by atoms with Gasteiger partial charge in [-0.2, -0.15) is 0 Å². The van der Waals surface area contributed by atoms with E-state index in [1.807, 2.05) is 48.2 Å². The number of carbonyl (C=O) groups excluding carboxylic acids is 1. The molecule has 0 fully saturated rings. The van der Waals surface area contributed by atoms with E-state index in [0.717, 1.165) is 17.1 Å². The third-order valence-corrected chi connectivity index (χ3v) is 3.43. The SMILES string of the molecule is CCN(Cc1ccc(OC)cc1)C(=O)CCc1ccco1. The van der Waals surface area contributed by atoms with E-state index in [1.54, 1.807) is 13.4 Å². The maximum Gasteiger partial charge on any atom is 0.223 e. The van der Waals surface area contributed by atoms with Crippen molar-refractivity contribution in [3.05, 3.63) is 54.0 Å². The Bertz CT molecular complexity index is 546. The Kier molecular flexibility index (Phi) is 5.43. The Hall–Kier alpha value is -2.23. The lowest BCUT2D eigenvalue weighted by molar-refractivity contribution is -0.131. The van der Waals surface area contributed by atoms with E-state index in [-0.39, 0.29) is 5.91 Å². The van der Waals surface area contributed by atoms with Crippen LogP contribution in [0.25, 0.3) is 0 Å². The summed E-state index contributed by atoms with van der Waals surface area (Å²) in [6.07, 6.45) is 2.75. The highest BCUT2D eigenvalue weighted by Gasteiger charge is 2.13. The number of methoxy groups -OCH3 is 1. The highest BCUT2D eigenvalue weighted by Crippen LogP contribution is 2.14. The van der Waals surface area contributed by atoms with E-state index in [1.165, 1.54) is 0 Å². The third-order valence-electron chi connectivity index (χ3n) is 3.43. The number of hydrogen-bond acceptors (Lipinski definition) is 3. The van der Waals surface area contributed by atoms with Gasteiger partial charge in [-0.3, -0.25) is 4.79 Å². The lowest BCUT2D eigenvalue weighted by Gasteiger charge is -2.21. The number of rotatable bonds is 7. The number of ether oxygens (including phenoxy) is 1. The molecule has 0 atom stereocenters. The van der Waals surface area contributed by atoms with Gasteiger partial charge in [0.1, 0.15) is 11.5 Å². The second-order valence-electron chi connectivity index (χ2n) is 4.84. The van der Waals surface area contributed by atoms with Crippen molar-refractivity contribution in [1.29, 1.82) is 0 Å². The summed E-state index contributed by atoms with van der Waals surface area (Å²) in [4.78, 5) is 14.1. The number of benzene rings is 1. The zero-order chi connectivity index (χ0) is 15.1. The minimum Gasteiger partial charge on any atom is -0.497 e. The van der Waals surface area contributed by atoms with Gasteiger partial charge in [0.05, 0.1) is 13.4 Å². The van der Waals surface area contributed by atoms with Gasteiger partial charge in [-0.15, -0.1) is 0 Å². The Morgan fingerprint density at radius 2 is 2.00 bits per heavy atom. The molecule has 0 radical (unpaired) electrons. The van der Waals surface area contributed by atoms with Gasteiger partial charge in [-0.05, 0) is 36.8 Å². The van der Waals surface area contributed by atoms with Crippen molar-refractivity contribution >= 4 is 5.91 Å². The molecule has 2 rings (SSSR count). The zero-order valence-corrected chi connectivity index (χ0v) is 12.5. The highest BCUT2D eigenvalue weighted by molar-refractivity contribution is 5.76. The number of furan rings is 1. The van der Waals surface area contributed by atoms with Gasteiger partial charge in [-0.25, -0.2) is 0 Å². The predicted molar refractivity (Wildman–Crippen MR) is 81.1 cm³/mol.